The van der Waals surface area contributed by atoms with E-state index in [1.54, 1.807) is 0 Å². The maximum atomic E-state index is 6.30. The summed E-state index contributed by atoms with van der Waals surface area (Å²) in [6, 6.07) is 66.1. The third-order valence-electron chi connectivity index (χ3n) is 11.9. The Labute approximate surface area is 340 Å². The lowest BCUT2D eigenvalue weighted by Gasteiger charge is -2.04. The van der Waals surface area contributed by atoms with Crippen LogP contribution in [0.25, 0.3) is 129 Å². The Hall–Kier alpha value is -6.98. The molecule has 9 aromatic carbocycles. The number of rotatable bonds is 4. The van der Waals surface area contributed by atoms with Gasteiger partial charge in [0, 0.05) is 61.9 Å². The Balaban J connectivity index is 0.912. The molecule has 0 aliphatic rings. The van der Waals surface area contributed by atoms with E-state index in [9.17, 15) is 0 Å². The fourth-order valence-electron chi connectivity index (χ4n) is 8.94. The maximum absolute atomic E-state index is 6.30. The monoisotopic (exact) mass is 774 g/mol. The molecule has 58 heavy (non-hydrogen) atoms. The number of benzene rings is 9. The molecular formula is C54H30O2S2. The van der Waals surface area contributed by atoms with Crippen molar-refractivity contribution in [1.29, 1.82) is 0 Å². The first kappa shape index (κ1) is 32.1. The summed E-state index contributed by atoms with van der Waals surface area (Å²) in [5.41, 5.74) is 13.2. The van der Waals surface area contributed by atoms with Gasteiger partial charge in [0.15, 0.2) is 0 Å². The second-order valence-electron chi connectivity index (χ2n) is 15.3. The number of fused-ring (bicyclic) bond motifs is 12. The SMILES string of the molecule is c1ccc(-c2ccc3oc4ccc(-c5ccc6sc7cc8sc9ccc(-c%10ccc%11oc%12ccc(-c%13ccccc%13)cc%12c%11c%10)cc9c8cc7c6c5)cc4c3c2)cc1. The van der Waals surface area contributed by atoms with Gasteiger partial charge in [0.05, 0.1) is 0 Å². The Morgan fingerprint density at radius 3 is 0.914 bits per heavy atom. The molecule has 4 heterocycles. The van der Waals surface area contributed by atoms with Crippen LogP contribution in [0, 0.1) is 0 Å². The molecule has 0 saturated heterocycles. The van der Waals surface area contributed by atoms with Crippen LogP contribution in [0.2, 0.25) is 0 Å². The standard InChI is InChI=1S/C54H30O2S2/c1-3-7-31(8-4-1)33-11-17-47-39(23-33)41-25-35(13-19-49(41)55-47)37-15-21-51-43(27-37)45-29-46-44-28-38(16-22-52(44)58-54(46)30-53(45)57-51)36-14-20-50-42(26-36)40-24-34(12-18-48(40)56-50)32-9-5-2-6-10-32/h1-30H. The van der Waals surface area contributed by atoms with E-state index >= 15 is 0 Å². The smallest absolute Gasteiger partial charge is 0.135 e. The van der Waals surface area contributed by atoms with Crippen LogP contribution in [-0.4, -0.2) is 0 Å². The fraction of sp³-hybridized carbons (Fsp3) is 0. The molecule has 0 spiro atoms. The van der Waals surface area contributed by atoms with Gasteiger partial charge in [-0.15, -0.1) is 22.7 Å². The van der Waals surface area contributed by atoms with E-state index in [0.717, 1.165) is 43.9 Å². The van der Waals surface area contributed by atoms with Crippen molar-refractivity contribution in [1.82, 2.24) is 0 Å². The van der Waals surface area contributed by atoms with Gasteiger partial charge in [0.1, 0.15) is 22.3 Å². The number of hydrogen-bond donors (Lipinski definition) is 0. The zero-order valence-corrected chi connectivity index (χ0v) is 32.6. The molecule has 0 aliphatic carbocycles. The number of thiophene rings is 2. The minimum absolute atomic E-state index is 0.910. The van der Waals surface area contributed by atoms with Crippen molar-refractivity contribution in [2.75, 3.05) is 0 Å². The second-order valence-corrected chi connectivity index (χ2v) is 17.4. The zero-order valence-electron chi connectivity index (χ0n) is 31.0. The molecular weight excluding hydrogens is 745 g/mol. The Morgan fingerprint density at radius 1 is 0.224 bits per heavy atom. The molecule has 13 aromatic rings. The molecule has 4 aromatic heterocycles. The van der Waals surface area contributed by atoms with E-state index < -0.39 is 0 Å². The Morgan fingerprint density at radius 2 is 0.534 bits per heavy atom. The quantitative estimate of drug-likeness (QED) is 0.178. The van der Waals surface area contributed by atoms with Crippen LogP contribution in [0.4, 0.5) is 0 Å². The first-order chi connectivity index (χ1) is 28.7. The van der Waals surface area contributed by atoms with E-state index in [1.165, 1.54) is 84.9 Å². The Bertz CT molecular complexity index is 3540. The summed E-state index contributed by atoms with van der Waals surface area (Å²) >= 11 is 3.76. The lowest BCUT2D eigenvalue weighted by atomic mass is 9.98. The lowest BCUT2D eigenvalue weighted by Crippen LogP contribution is -1.79. The first-order valence-electron chi connectivity index (χ1n) is 19.5. The average Bonchev–Trinajstić information content (AvgIpc) is 4.04. The summed E-state index contributed by atoms with van der Waals surface area (Å²) in [6.07, 6.45) is 0. The topological polar surface area (TPSA) is 26.3 Å². The molecule has 0 bridgehead atoms. The van der Waals surface area contributed by atoms with Gasteiger partial charge in [0.25, 0.3) is 0 Å². The summed E-state index contributed by atoms with van der Waals surface area (Å²) in [7, 11) is 0. The largest absolute Gasteiger partial charge is 0.456 e. The van der Waals surface area contributed by atoms with Gasteiger partial charge in [0.2, 0.25) is 0 Å². The van der Waals surface area contributed by atoms with E-state index in [0.29, 0.717) is 0 Å². The van der Waals surface area contributed by atoms with Gasteiger partial charge in [-0.2, -0.15) is 0 Å². The average molecular weight is 775 g/mol. The van der Waals surface area contributed by atoms with Crippen molar-refractivity contribution in [2.24, 2.45) is 0 Å². The molecule has 0 N–H and O–H groups in total. The highest BCUT2D eigenvalue weighted by molar-refractivity contribution is 7.28. The van der Waals surface area contributed by atoms with Gasteiger partial charge < -0.3 is 8.83 Å². The predicted octanol–water partition coefficient (Wildman–Crippen LogP) is 16.9. The van der Waals surface area contributed by atoms with Gasteiger partial charge in [-0.1, -0.05) is 97.1 Å². The molecule has 0 amide bonds. The first-order valence-corrected chi connectivity index (χ1v) is 21.2. The molecule has 0 fully saturated rings. The van der Waals surface area contributed by atoms with Crippen molar-refractivity contribution >= 4 is 107 Å². The van der Waals surface area contributed by atoms with Gasteiger partial charge >= 0.3 is 0 Å². The molecule has 0 radical (unpaired) electrons. The molecule has 0 atom stereocenters. The van der Waals surface area contributed by atoms with Crippen LogP contribution >= 0.6 is 22.7 Å². The summed E-state index contributed by atoms with van der Waals surface area (Å²) in [6.45, 7) is 0. The third-order valence-corrected chi connectivity index (χ3v) is 14.1. The highest BCUT2D eigenvalue weighted by atomic mass is 32.1. The predicted molar refractivity (Wildman–Crippen MR) is 249 cm³/mol. The van der Waals surface area contributed by atoms with Gasteiger partial charge in [-0.05, 0) is 129 Å². The molecule has 0 unspecified atom stereocenters. The number of hydrogen-bond acceptors (Lipinski definition) is 4. The minimum Gasteiger partial charge on any atom is -0.456 e. The summed E-state index contributed by atoms with van der Waals surface area (Å²) in [5, 5.41) is 9.77. The molecule has 0 saturated carbocycles. The summed E-state index contributed by atoms with van der Waals surface area (Å²) in [4.78, 5) is 0. The number of furan rings is 2. The Kier molecular flexibility index (Phi) is 6.79. The third kappa shape index (κ3) is 4.96. The normalized spacial score (nSPS) is 12.1. The second kappa shape index (κ2) is 12.3. The van der Waals surface area contributed by atoms with Crippen LogP contribution in [0.1, 0.15) is 0 Å². The molecule has 2 nitrogen and oxygen atoms in total. The van der Waals surface area contributed by atoms with Gasteiger partial charge in [-0.25, -0.2) is 0 Å². The molecule has 0 aliphatic heterocycles. The van der Waals surface area contributed by atoms with Crippen LogP contribution in [0.3, 0.4) is 0 Å². The molecule has 270 valence electrons. The molecule has 4 heteroatoms. The van der Waals surface area contributed by atoms with Crippen molar-refractivity contribution in [3.05, 3.63) is 182 Å². The van der Waals surface area contributed by atoms with Crippen LogP contribution < -0.4 is 0 Å². The summed E-state index contributed by atoms with van der Waals surface area (Å²) < 4.78 is 17.9. The van der Waals surface area contributed by atoms with Crippen LogP contribution in [0.15, 0.2) is 191 Å². The van der Waals surface area contributed by atoms with E-state index in [-0.39, 0.29) is 0 Å². The van der Waals surface area contributed by atoms with E-state index in [1.807, 2.05) is 22.7 Å². The van der Waals surface area contributed by atoms with Crippen molar-refractivity contribution < 1.29 is 8.83 Å². The lowest BCUT2D eigenvalue weighted by molar-refractivity contribution is 0.668. The zero-order chi connectivity index (χ0) is 37.9. The van der Waals surface area contributed by atoms with Gasteiger partial charge in [-0.3, -0.25) is 0 Å². The van der Waals surface area contributed by atoms with Crippen molar-refractivity contribution in [3.8, 4) is 44.5 Å². The highest BCUT2D eigenvalue weighted by Gasteiger charge is 2.16. The fourth-order valence-corrected chi connectivity index (χ4v) is 11.2. The van der Waals surface area contributed by atoms with E-state index in [4.69, 9.17) is 8.83 Å². The van der Waals surface area contributed by atoms with E-state index in [2.05, 4.69) is 182 Å². The van der Waals surface area contributed by atoms with Crippen molar-refractivity contribution in [3.63, 3.8) is 0 Å². The molecule has 13 rings (SSSR count). The maximum Gasteiger partial charge on any atom is 0.135 e. The minimum atomic E-state index is 0.910. The summed E-state index contributed by atoms with van der Waals surface area (Å²) in [5.74, 6) is 0. The van der Waals surface area contributed by atoms with Crippen molar-refractivity contribution in [2.45, 2.75) is 0 Å². The van der Waals surface area contributed by atoms with Crippen LogP contribution in [0.5, 0.6) is 0 Å². The highest BCUT2D eigenvalue weighted by Crippen LogP contribution is 2.45. The van der Waals surface area contributed by atoms with Crippen LogP contribution in [-0.2, 0) is 0 Å².